The third kappa shape index (κ3) is 11.4. The van der Waals surface area contributed by atoms with Crippen LogP contribution in [0.1, 0.15) is 60.8 Å². The summed E-state index contributed by atoms with van der Waals surface area (Å²) >= 11 is 0. The van der Waals surface area contributed by atoms with Crippen molar-refractivity contribution in [1.82, 2.24) is 20.0 Å². The Morgan fingerprint density at radius 2 is 1.64 bits per heavy atom. The first kappa shape index (κ1) is 35.3. The summed E-state index contributed by atoms with van der Waals surface area (Å²) < 4.78 is 44.5. The molecule has 1 unspecified atom stereocenters. The zero-order valence-corrected chi connectivity index (χ0v) is 26.5. The third-order valence-electron chi connectivity index (χ3n) is 6.44. The maximum Gasteiger partial charge on any atom is 0.407 e. The molecule has 3 N–H and O–H groups in total. The predicted octanol–water partition coefficient (Wildman–Crippen LogP) is 2.53. The molecule has 42 heavy (non-hydrogen) atoms. The van der Waals surface area contributed by atoms with Crippen molar-refractivity contribution in [2.75, 3.05) is 39.8 Å². The monoisotopic (exact) mass is 614 g/mol. The van der Waals surface area contributed by atoms with Crippen molar-refractivity contribution in [3.63, 3.8) is 0 Å². The van der Waals surface area contributed by atoms with E-state index in [2.05, 4.69) is 5.32 Å². The van der Waals surface area contributed by atoms with Crippen molar-refractivity contribution in [3.8, 4) is 5.75 Å². The fraction of sp³-hybridized carbons (Fsp3) is 0.679. The Morgan fingerprint density at radius 1 is 1.05 bits per heavy atom. The number of carbonyl (C=O) groups is 3. The van der Waals surface area contributed by atoms with Crippen molar-refractivity contribution in [1.29, 1.82) is 0 Å². The van der Waals surface area contributed by atoms with Crippen molar-refractivity contribution in [2.24, 2.45) is 5.92 Å². The molecule has 0 radical (unpaired) electrons. The number of hydroxylamine groups is 1. The van der Waals surface area contributed by atoms with Crippen LogP contribution in [-0.2, 0) is 29.1 Å². The highest BCUT2D eigenvalue weighted by Crippen LogP contribution is 2.23. The molecule has 14 heteroatoms. The number of carbonyl (C=O) groups excluding carboxylic acids is 3. The standard InChI is InChI=1S/C28H46N4O9S/c1-27(2,3)40-23(25(34)30-36)19-32(42(37,38)22-10-8-21(39-7)9-11-22)17-14-24(33)31-15-12-20(13-16-31)18-29-26(35)41-28(4,5)6/h8-11,20,23,36H,12-19H2,1-7H3,(H,29,35)(H,30,34). The van der Waals surface area contributed by atoms with Crippen molar-refractivity contribution in [3.05, 3.63) is 24.3 Å². The lowest BCUT2D eigenvalue weighted by atomic mass is 9.96. The normalized spacial score (nSPS) is 15.7. The number of piperidine rings is 1. The number of nitrogens with zero attached hydrogens (tertiary/aromatic N) is 2. The molecule has 13 nitrogen and oxygen atoms in total. The fourth-order valence-corrected chi connectivity index (χ4v) is 5.81. The van der Waals surface area contributed by atoms with Crippen LogP contribution in [0.3, 0.4) is 0 Å². The molecule has 0 bridgehead atoms. The minimum atomic E-state index is -4.17. The highest BCUT2D eigenvalue weighted by molar-refractivity contribution is 7.89. The molecule has 2 rings (SSSR count). The molecule has 0 aliphatic carbocycles. The Bertz CT molecular complexity index is 1150. The zero-order valence-electron chi connectivity index (χ0n) is 25.6. The largest absolute Gasteiger partial charge is 0.497 e. The summed E-state index contributed by atoms with van der Waals surface area (Å²) in [5, 5.41) is 12.0. The molecular formula is C28H46N4O9S. The summed E-state index contributed by atoms with van der Waals surface area (Å²) in [6.45, 7) is 11.2. The topological polar surface area (TPSA) is 164 Å². The van der Waals surface area contributed by atoms with Gasteiger partial charge in [0.15, 0.2) is 6.10 Å². The van der Waals surface area contributed by atoms with Crippen LogP contribution >= 0.6 is 0 Å². The second kappa shape index (κ2) is 15.0. The van der Waals surface area contributed by atoms with E-state index in [-0.39, 0.29) is 29.7 Å². The number of likely N-dealkylation sites (tertiary alicyclic amines) is 1. The SMILES string of the molecule is COc1ccc(S(=O)(=O)N(CCC(=O)N2CCC(CNC(=O)OC(C)(C)C)CC2)CC(OC(C)(C)C)C(=O)NO)cc1. The van der Waals surface area contributed by atoms with E-state index in [1.54, 1.807) is 46.4 Å². The van der Waals surface area contributed by atoms with Gasteiger partial charge in [0.25, 0.3) is 5.91 Å². The summed E-state index contributed by atoms with van der Waals surface area (Å²) in [5.74, 6) is -0.494. The van der Waals surface area contributed by atoms with E-state index in [9.17, 15) is 28.0 Å². The van der Waals surface area contributed by atoms with Gasteiger partial charge in [0.2, 0.25) is 15.9 Å². The van der Waals surface area contributed by atoms with Crippen LogP contribution in [0.5, 0.6) is 5.75 Å². The Morgan fingerprint density at radius 3 is 2.14 bits per heavy atom. The smallest absolute Gasteiger partial charge is 0.407 e. The Labute approximate surface area is 248 Å². The minimum absolute atomic E-state index is 0.0482. The van der Waals surface area contributed by atoms with Crippen LogP contribution in [0.15, 0.2) is 29.2 Å². The van der Waals surface area contributed by atoms with Crippen molar-refractivity contribution >= 4 is 27.9 Å². The average molecular weight is 615 g/mol. The first-order valence-corrected chi connectivity index (χ1v) is 15.4. The molecule has 0 spiro atoms. The van der Waals surface area contributed by atoms with Crippen LogP contribution in [0.4, 0.5) is 4.79 Å². The van der Waals surface area contributed by atoms with E-state index in [1.807, 2.05) is 0 Å². The molecule has 1 aromatic carbocycles. The van der Waals surface area contributed by atoms with Gasteiger partial charge in [0.05, 0.1) is 17.6 Å². The Hall–Kier alpha value is -2.94. The molecule has 238 valence electrons. The number of amides is 3. The summed E-state index contributed by atoms with van der Waals surface area (Å²) in [7, 11) is -2.71. The number of sulfonamides is 1. The molecule has 3 amide bonds. The first-order valence-electron chi connectivity index (χ1n) is 14.0. The van der Waals surface area contributed by atoms with Gasteiger partial charge >= 0.3 is 6.09 Å². The molecule has 1 aliphatic rings. The number of nitrogens with one attached hydrogen (secondary N) is 2. The quantitative estimate of drug-likeness (QED) is 0.237. The number of ether oxygens (including phenoxy) is 3. The molecule has 1 aliphatic heterocycles. The molecule has 1 aromatic rings. The van der Waals surface area contributed by atoms with E-state index in [0.29, 0.717) is 38.2 Å². The molecule has 0 saturated carbocycles. The summed E-state index contributed by atoms with van der Waals surface area (Å²) in [6, 6.07) is 5.76. The molecule has 1 fully saturated rings. The van der Waals surface area contributed by atoms with Crippen LogP contribution in [0, 0.1) is 5.92 Å². The number of hydrogen-bond acceptors (Lipinski definition) is 9. The molecular weight excluding hydrogens is 568 g/mol. The lowest BCUT2D eigenvalue weighted by molar-refractivity contribution is -0.151. The number of rotatable bonds is 12. The average Bonchev–Trinajstić information content (AvgIpc) is 2.91. The second-order valence-corrected chi connectivity index (χ2v) is 14.1. The van der Waals surface area contributed by atoms with Gasteiger partial charge in [-0.1, -0.05) is 0 Å². The third-order valence-corrected chi connectivity index (χ3v) is 8.32. The van der Waals surface area contributed by atoms with Crippen molar-refractivity contribution < 1.29 is 42.2 Å². The second-order valence-electron chi connectivity index (χ2n) is 12.2. The summed E-state index contributed by atoms with van der Waals surface area (Å²) in [5.41, 5.74) is 0.121. The Kier molecular flexibility index (Phi) is 12.6. The number of methoxy groups -OCH3 is 1. The van der Waals surface area contributed by atoms with Gasteiger partial charge in [-0.2, -0.15) is 4.31 Å². The highest BCUT2D eigenvalue weighted by Gasteiger charge is 2.34. The van der Waals surface area contributed by atoms with Gasteiger partial charge in [-0.05, 0) is 84.6 Å². The lowest BCUT2D eigenvalue weighted by Crippen LogP contribution is -2.49. The van der Waals surface area contributed by atoms with Gasteiger partial charge in [0, 0.05) is 39.1 Å². The summed E-state index contributed by atoms with van der Waals surface area (Å²) in [6.07, 6.45) is -0.602. The molecule has 1 saturated heterocycles. The van der Waals surface area contributed by atoms with E-state index in [4.69, 9.17) is 14.2 Å². The predicted molar refractivity (Wildman–Crippen MR) is 154 cm³/mol. The van der Waals surface area contributed by atoms with E-state index in [1.165, 1.54) is 36.9 Å². The minimum Gasteiger partial charge on any atom is -0.497 e. The maximum atomic E-state index is 13.7. The maximum absolute atomic E-state index is 13.7. The van der Waals surface area contributed by atoms with Crippen molar-refractivity contribution in [2.45, 2.75) is 83.0 Å². The van der Waals surface area contributed by atoms with Crippen LogP contribution in [-0.4, -0.2) is 97.9 Å². The fourth-order valence-electron chi connectivity index (χ4n) is 4.37. The molecule has 1 heterocycles. The van der Waals surface area contributed by atoms with E-state index in [0.717, 1.165) is 4.31 Å². The van der Waals surface area contributed by atoms with Crippen LogP contribution in [0.25, 0.3) is 0 Å². The molecule has 0 aromatic heterocycles. The number of benzene rings is 1. The lowest BCUT2D eigenvalue weighted by Gasteiger charge is -2.33. The number of alkyl carbamates (subject to hydrolysis) is 1. The summed E-state index contributed by atoms with van der Waals surface area (Å²) in [4.78, 5) is 39.1. The highest BCUT2D eigenvalue weighted by atomic mass is 32.2. The zero-order chi connectivity index (χ0) is 31.7. The van der Waals surface area contributed by atoms with Crippen LogP contribution < -0.4 is 15.5 Å². The van der Waals surface area contributed by atoms with Gasteiger partial charge < -0.3 is 24.4 Å². The first-order chi connectivity index (χ1) is 19.4. The Balaban J connectivity index is 2.10. The van der Waals surface area contributed by atoms with Crippen LogP contribution in [0.2, 0.25) is 0 Å². The molecule has 1 atom stereocenters. The van der Waals surface area contributed by atoms with E-state index >= 15 is 0 Å². The number of hydrogen-bond donors (Lipinski definition) is 3. The van der Waals surface area contributed by atoms with Gasteiger partial charge in [0.1, 0.15) is 11.4 Å². The van der Waals surface area contributed by atoms with Gasteiger partial charge in [-0.3, -0.25) is 14.8 Å². The van der Waals surface area contributed by atoms with Gasteiger partial charge in [-0.25, -0.2) is 18.7 Å². The van der Waals surface area contributed by atoms with Gasteiger partial charge in [-0.15, -0.1) is 0 Å². The van der Waals surface area contributed by atoms with E-state index < -0.39 is 45.9 Å².